The van der Waals surface area contributed by atoms with Gasteiger partial charge in [-0.15, -0.1) is 11.8 Å². The first-order valence-corrected chi connectivity index (χ1v) is 7.44. The Labute approximate surface area is 128 Å². The van der Waals surface area contributed by atoms with Gasteiger partial charge < -0.3 is 15.8 Å². The molecular weight excluding hydrogens is 284 g/mol. The van der Waals surface area contributed by atoms with Gasteiger partial charge in [-0.25, -0.2) is 0 Å². The van der Waals surface area contributed by atoms with Gasteiger partial charge in [0.25, 0.3) is 0 Å². The van der Waals surface area contributed by atoms with Crippen molar-refractivity contribution in [2.45, 2.75) is 17.1 Å². The Morgan fingerprint density at radius 1 is 1.24 bits per heavy atom. The minimum Gasteiger partial charge on any atom is -0.494 e. The molecule has 0 bridgehead atoms. The highest BCUT2D eigenvalue weighted by molar-refractivity contribution is 8.00. The third kappa shape index (κ3) is 4.16. The molecule has 0 heterocycles. The normalized spacial score (nSPS) is 11.7. The number of rotatable bonds is 5. The maximum absolute atomic E-state index is 12.3. The Kier molecular flexibility index (Phi) is 5.11. The molecule has 2 aromatic rings. The average molecular weight is 302 g/mol. The number of nitrogens with two attached hydrogens (primary N) is 1. The van der Waals surface area contributed by atoms with Gasteiger partial charge in [-0.3, -0.25) is 4.79 Å². The van der Waals surface area contributed by atoms with E-state index >= 15 is 0 Å². The third-order valence-corrected chi connectivity index (χ3v) is 4.02. The lowest BCUT2D eigenvalue weighted by Gasteiger charge is -2.14. The SMILES string of the molecule is COc1cc(N)ccc1NC(=O)C(C)Sc1ccccc1. The van der Waals surface area contributed by atoms with Crippen LogP contribution < -0.4 is 15.8 Å². The van der Waals surface area contributed by atoms with Gasteiger partial charge in [0.2, 0.25) is 5.91 Å². The van der Waals surface area contributed by atoms with Crippen molar-refractivity contribution < 1.29 is 9.53 Å². The first-order valence-electron chi connectivity index (χ1n) is 6.56. The van der Waals surface area contributed by atoms with E-state index in [1.807, 2.05) is 37.3 Å². The molecule has 0 saturated carbocycles. The Bertz CT molecular complexity index is 617. The first kappa shape index (κ1) is 15.3. The highest BCUT2D eigenvalue weighted by Crippen LogP contribution is 2.28. The van der Waals surface area contributed by atoms with E-state index in [4.69, 9.17) is 10.5 Å². The molecule has 0 aromatic heterocycles. The molecule has 0 aliphatic rings. The topological polar surface area (TPSA) is 64.3 Å². The monoisotopic (exact) mass is 302 g/mol. The zero-order chi connectivity index (χ0) is 15.2. The molecule has 0 saturated heterocycles. The number of amides is 1. The molecule has 1 atom stereocenters. The van der Waals surface area contributed by atoms with E-state index < -0.39 is 0 Å². The van der Waals surface area contributed by atoms with Crippen LogP contribution in [0, 0.1) is 0 Å². The molecule has 0 aliphatic heterocycles. The number of methoxy groups -OCH3 is 1. The van der Waals surface area contributed by atoms with E-state index in [9.17, 15) is 4.79 Å². The van der Waals surface area contributed by atoms with E-state index in [1.165, 1.54) is 11.8 Å². The second-order valence-electron chi connectivity index (χ2n) is 4.52. The van der Waals surface area contributed by atoms with Crippen LogP contribution in [0.25, 0.3) is 0 Å². The maximum atomic E-state index is 12.3. The molecular formula is C16H18N2O2S. The standard InChI is InChI=1S/C16H18N2O2S/c1-11(21-13-6-4-3-5-7-13)16(19)18-14-9-8-12(17)10-15(14)20-2/h3-11H,17H2,1-2H3,(H,18,19). The van der Waals surface area contributed by atoms with Crippen molar-refractivity contribution in [3.8, 4) is 5.75 Å². The summed E-state index contributed by atoms with van der Waals surface area (Å²) in [5, 5.41) is 2.66. The van der Waals surface area contributed by atoms with Gasteiger partial charge in [0.05, 0.1) is 18.0 Å². The second kappa shape index (κ2) is 7.04. The van der Waals surface area contributed by atoms with Gasteiger partial charge in [0.15, 0.2) is 0 Å². The number of nitrogens with one attached hydrogen (secondary N) is 1. The highest BCUT2D eigenvalue weighted by Gasteiger charge is 2.16. The summed E-state index contributed by atoms with van der Waals surface area (Å²) in [7, 11) is 1.55. The van der Waals surface area contributed by atoms with Gasteiger partial charge in [0, 0.05) is 16.6 Å². The van der Waals surface area contributed by atoms with Crippen molar-refractivity contribution in [3.05, 3.63) is 48.5 Å². The number of benzene rings is 2. The number of nitrogen functional groups attached to an aromatic ring is 1. The average Bonchev–Trinajstić information content (AvgIpc) is 2.49. The molecule has 0 aliphatic carbocycles. The molecule has 0 fully saturated rings. The third-order valence-electron chi connectivity index (χ3n) is 2.91. The zero-order valence-corrected chi connectivity index (χ0v) is 12.8. The van der Waals surface area contributed by atoms with Crippen LogP contribution in [0.15, 0.2) is 53.4 Å². The lowest BCUT2D eigenvalue weighted by atomic mass is 10.2. The molecule has 3 N–H and O–H groups in total. The summed E-state index contributed by atoms with van der Waals surface area (Å²) in [6.45, 7) is 1.87. The van der Waals surface area contributed by atoms with Gasteiger partial charge in [-0.1, -0.05) is 18.2 Å². The second-order valence-corrected chi connectivity index (χ2v) is 5.94. The van der Waals surface area contributed by atoms with Crippen LogP contribution in [0.5, 0.6) is 5.75 Å². The number of hydrogen-bond acceptors (Lipinski definition) is 4. The smallest absolute Gasteiger partial charge is 0.237 e. The quantitative estimate of drug-likeness (QED) is 0.656. The van der Waals surface area contributed by atoms with Crippen molar-refractivity contribution in [1.29, 1.82) is 0 Å². The number of hydrogen-bond donors (Lipinski definition) is 2. The van der Waals surface area contributed by atoms with Crippen LogP contribution in [-0.4, -0.2) is 18.3 Å². The predicted molar refractivity (Wildman–Crippen MR) is 87.8 cm³/mol. The molecule has 1 amide bonds. The molecule has 2 aromatic carbocycles. The minimum atomic E-state index is -0.213. The van der Waals surface area contributed by atoms with Crippen LogP contribution in [0.3, 0.4) is 0 Å². The zero-order valence-electron chi connectivity index (χ0n) is 12.0. The van der Waals surface area contributed by atoms with E-state index in [1.54, 1.807) is 25.3 Å². The summed E-state index contributed by atoms with van der Waals surface area (Å²) in [6.07, 6.45) is 0. The van der Waals surface area contributed by atoms with E-state index in [-0.39, 0.29) is 11.2 Å². The fourth-order valence-electron chi connectivity index (χ4n) is 1.80. The van der Waals surface area contributed by atoms with Crippen LogP contribution in [0.2, 0.25) is 0 Å². The highest BCUT2D eigenvalue weighted by atomic mass is 32.2. The van der Waals surface area contributed by atoms with Crippen LogP contribution >= 0.6 is 11.8 Å². The Hall–Kier alpha value is -2.14. The molecule has 0 radical (unpaired) electrons. The van der Waals surface area contributed by atoms with Gasteiger partial charge in [-0.05, 0) is 31.2 Å². The van der Waals surface area contributed by atoms with Gasteiger partial charge >= 0.3 is 0 Å². The van der Waals surface area contributed by atoms with Crippen molar-refractivity contribution in [1.82, 2.24) is 0 Å². The van der Waals surface area contributed by atoms with Crippen LogP contribution in [0.4, 0.5) is 11.4 Å². The summed E-state index contributed by atoms with van der Waals surface area (Å²) >= 11 is 1.51. The number of thioether (sulfide) groups is 1. The minimum absolute atomic E-state index is 0.0769. The van der Waals surface area contributed by atoms with Gasteiger partial charge in [-0.2, -0.15) is 0 Å². The first-order chi connectivity index (χ1) is 10.1. The number of carbonyl (C=O) groups is 1. The lowest BCUT2D eigenvalue weighted by Crippen LogP contribution is -2.22. The molecule has 5 heteroatoms. The van der Waals surface area contributed by atoms with Crippen molar-refractivity contribution in [3.63, 3.8) is 0 Å². The summed E-state index contributed by atoms with van der Waals surface area (Å²) in [5.74, 6) is 0.479. The Morgan fingerprint density at radius 3 is 2.62 bits per heavy atom. The molecule has 21 heavy (non-hydrogen) atoms. The molecule has 2 rings (SSSR count). The molecule has 0 spiro atoms. The Balaban J connectivity index is 2.04. The fraction of sp³-hybridized carbons (Fsp3) is 0.188. The number of ether oxygens (including phenoxy) is 1. The molecule has 4 nitrogen and oxygen atoms in total. The number of anilines is 2. The predicted octanol–water partition coefficient (Wildman–Crippen LogP) is 3.40. The van der Waals surface area contributed by atoms with Crippen molar-refractivity contribution >= 4 is 29.0 Å². The fourth-order valence-corrected chi connectivity index (χ4v) is 2.69. The molecule has 110 valence electrons. The summed E-state index contributed by atoms with van der Waals surface area (Å²) in [5.41, 5.74) is 6.92. The molecule has 1 unspecified atom stereocenters. The summed E-state index contributed by atoms with van der Waals surface area (Å²) in [6, 6.07) is 15.0. The van der Waals surface area contributed by atoms with Gasteiger partial charge in [0.1, 0.15) is 5.75 Å². The number of carbonyl (C=O) groups excluding carboxylic acids is 1. The van der Waals surface area contributed by atoms with Crippen molar-refractivity contribution in [2.24, 2.45) is 0 Å². The van der Waals surface area contributed by atoms with Crippen LogP contribution in [0.1, 0.15) is 6.92 Å². The van der Waals surface area contributed by atoms with Crippen molar-refractivity contribution in [2.75, 3.05) is 18.2 Å². The van der Waals surface area contributed by atoms with Crippen LogP contribution in [-0.2, 0) is 4.79 Å². The van der Waals surface area contributed by atoms with E-state index in [0.29, 0.717) is 17.1 Å². The summed E-state index contributed by atoms with van der Waals surface area (Å²) < 4.78 is 5.22. The maximum Gasteiger partial charge on any atom is 0.237 e. The van der Waals surface area contributed by atoms with E-state index in [0.717, 1.165) is 4.90 Å². The largest absolute Gasteiger partial charge is 0.494 e. The van der Waals surface area contributed by atoms with E-state index in [2.05, 4.69) is 5.32 Å². The lowest BCUT2D eigenvalue weighted by molar-refractivity contribution is -0.115. The Morgan fingerprint density at radius 2 is 1.95 bits per heavy atom. The summed E-state index contributed by atoms with van der Waals surface area (Å²) in [4.78, 5) is 13.3.